The average molecular weight is 446 g/mol. The van der Waals surface area contributed by atoms with Crippen molar-refractivity contribution in [3.63, 3.8) is 0 Å². The number of thiazole rings is 1. The van der Waals surface area contributed by atoms with E-state index in [1.807, 2.05) is 13.0 Å². The Morgan fingerprint density at radius 1 is 1.07 bits per heavy atom. The molecule has 0 aliphatic rings. The number of nitrogens with one attached hydrogen (secondary N) is 2. The number of halogens is 1. The number of amides is 2. The maximum absolute atomic E-state index is 12.5. The zero-order valence-corrected chi connectivity index (χ0v) is 18.2. The predicted octanol–water partition coefficient (Wildman–Crippen LogP) is 4.56. The van der Waals surface area contributed by atoms with E-state index in [1.165, 1.54) is 25.6 Å². The summed E-state index contributed by atoms with van der Waals surface area (Å²) in [6.07, 6.45) is 0.0747. The quantitative estimate of drug-likeness (QED) is 0.556. The number of aromatic nitrogens is 1. The Morgan fingerprint density at radius 2 is 1.77 bits per heavy atom. The van der Waals surface area contributed by atoms with Gasteiger partial charge in [-0.1, -0.05) is 17.7 Å². The first-order valence-corrected chi connectivity index (χ1v) is 10.2. The van der Waals surface area contributed by atoms with Crippen molar-refractivity contribution < 1.29 is 19.1 Å². The average Bonchev–Trinajstić information content (AvgIpc) is 3.16. The highest BCUT2D eigenvalue weighted by atomic mass is 35.5. The third-order valence-electron chi connectivity index (χ3n) is 4.20. The number of carbonyl (C=O) groups excluding carboxylic acids is 2. The second-order valence-electron chi connectivity index (χ2n) is 6.38. The minimum Gasteiger partial charge on any atom is -0.497 e. The summed E-state index contributed by atoms with van der Waals surface area (Å²) < 4.78 is 10.4. The highest BCUT2D eigenvalue weighted by molar-refractivity contribution is 7.14. The summed E-state index contributed by atoms with van der Waals surface area (Å²) in [5.41, 5.74) is 2.49. The van der Waals surface area contributed by atoms with Gasteiger partial charge in [0.2, 0.25) is 5.91 Å². The lowest BCUT2D eigenvalue weighted by atomic mass is 10.2. The maximum atomic E-state index is 12.5. The zero-order chi connectivity index (χ0) is 21.7. The maximum Gasteiger partial charge on any atom is 0.257 e. The second-order valence-corrected chi connectivity index (χ2v) is 7.68. The Bertz CT molecular complexity index is 1060. The first-order chi connectivity index (χ1) is 14.4. The van der Waals surface area contributed by atoms with Crippen molar-refractivity contribution in [1.29, 1.82) is 0 Å². The van der Waals surface area contributed by atoms with Gasteiger partial charge in [0.15, 0.2) is 5.13 Å². The lowest BCUT2D eigenvalue weighted by Crippen LogP contribution is -2.16. The number of nitrogens with zero attached hydrogens (tertiary/aromatic N) is 1. The number of hydrogen-bond acceptors (Lipinski definition) is 6. The number of hydrogen-bond donors (Lipinski definition) is 2. The normalized spacial score (nSPS) is 10.4. The first-order valence-electron chi connectivity index (χ1n) is 8.92. The van der Waals surface area contributed by atoms with Crippen LogP contribution in [-0.2, 0) is 11.2 Å². The Balaban J connectivity index is 1.64. The summed E-state index contributed by atoms with van der Waals surface area (Å²) >= 11 is 7.22. The zero-order valence-electron chi connectivity index (χ0n) is 16.6. The minimum atomic E-state index is -0.355. The molecule has 1 heterocycles. The van der Waals surface area contributed by atoms with Crippen molar-refractivity contribution in [2.45, 2.75) is 13.3 Å². The number of rotatable bonds is 7. The Labute approximate surface area is 183 Å². The number of benzene rings is 2. The van der Waals surface area contributed by atoms with Gasteiger partial charge in [0, 0.05) is 27.7 Å². The van der Waals surface area contributed by atoms with Gasteiger partial charge in [-0.3, -0.25) is 14.9 Å². The molecule has 0 fully saturated rings. The molecule has 7 nitrogen and oxygen atoms in total. The number of aryl methyl sites for hydroxylation is 1. The fourth-order valence-electron chi connectivity index (χ4n) is 2.64. The summed E-state index contributed by atoms with van der Waals surface area (Å²) in [4.78, 5) is 29.2. The van der Waals surface area contributed by atoms with Crippen LogP contribution in [0.15, 0.2) is 41.8 Å². The smallest absolute Gasteiger partial charge is 0.257 e. The van der Waals surface area contributed by atoms with E-state index in [2.05, 4.69) is 15.6 Å². The van der Waals surface area contributed by atoms with Crippen LogP contribution in [0.2, 0.25) is 5.02 Å². The van der Waals surface area contributed by atoms with E-state index in [9.17, 15) is 9.59 Å². The predicted molar refractivity (Wildman–Crippen MR) is 118 cm³/mol. The summed E-state index contributed by atoms with van der Waals surface area (Å²) in [6.45, 7) is 1.88. The third-order valence-corrected chi connectivity index (χ3v) is 5.24. The molecular formula is C21H20ClN3O4S. The van der Waals surface area contributed by atoms with E-state index in [4.69, 9.17) is 21.1 Å². The Morgan fingerprint density at radius 3 is 2.43 bits per heavy atom. The fraction of sp³-hybridized carbons (Fsp3) is 0.190. The van der Waals surface area contributed by atoms with Crippen LogP contribution in [0.25, 0.3) is 0 Å². The first kappa shape index (κ1) is 21.6. The molecule has 2 N–H and O–H groups in total. The topological polar surface area (TPSA) is 89.6 Å². The van der Waals surface area contributed by atoms with E-state index in [-0.39, 0.29) is 18.2 Å². The van der Waals surface area contributed by atoms with Gasteiger partial charge in [-0.2, -0.15) is 0 Å². The molecule has 3 aromatic rings. The summed E-state index contributed by atoms with van der Waals surface area (Å²) in [5.74, 6) is 0.438. The lowest BCUT2D eigenvalue weighted by molar-refractivity contribution is -0.115. The molecule has 9 heteroatoms. The van der Waals surface area contributed by atoms with Gasteiger partial charge < -0.3 is 14.8 Å². The minimum absolute atomic E-state index is 0.0747. The number of carbonyl (C=O) groups is 2. The van der Waals surface area contributed by atoms with Gasteiger partial charge in [0.1, 0.15) is 11.5 Å². The SMILES string of the molecule is COc1cc(OC)cc(C(=O)Nc2nc(CC(=O)Nc3cc(Cl)ccc3C)cs2)c1. The molecule has 30 heavy (non-hydrogen) atoms. The van der Waals surface area contributed by atoms with Crippen LogP contribution in [0.5, 0.6) is 11.5 Å². The highest BCUT2D eigenvalue weighted by Gasteiger charge is 2.14. The van der Waals surface area contributed by atoms with Gasteiger partial charge in [0.25, 0.3) is 5.91 Å². The van der Waals surface area contributed by atoms with Crippen molar-refractivity contribution in [2.24, 2.45) is 0 Å². The van der Waals surface area contributed by atoms with Crippen LogP contribution < -0.4 is 20.1 Å². The van der Waals surface area contributed by atoms with E-state index in [0.717, 1.165) is 5.56 Å². The van der Waals surface area contributed by atoms with E-state index in [1.54, 1.807) is 35.7 Å². The Kier molecular flexibility index (Phi) is 6.91. The second kappa shape index (κ2) is 9.60. The number of anilines is 2. The van der Waals surface area contributed by atoms with E-state index < -0.39 is 0 Å². The molecule has 0 unspecified atom stereocenters. The monoisotopic (exact) mass is 445 g/mol. The summed E-state index contributed by atoms with van der Waals surface area (Å²) in [7, 11) is 3.03. The van der Waals surface area contributed by atoms with Crippen molar-refractivity contribution in [2.75, 3.05) is 24.9 Å². The van der Waals surface area contributed by atoms with Crippen molar-refractivity contribution >= 4 is 45.6 Å². The van der Waals surface area contributed by atoms with Gasteiger partial charge in [-0.05, 0) is 36.8 Å². The molecule has 2 amide bonds. The molecule has 0 saturated carbocycles. The number of methoxy groups -OCH3 is 2. The van der Waals surface area contributed by atoms with Gasteiger partial charge >= 0.3 is 0 Å². The van der Waals surface area contributed by atoms with Crippen LogP contribution in [0, 0.1) is 6.92 Å². The van der Waals surface area contributed by atoms with Crippen LogP contribution >= 0.6 is 22.9 Å². The molecule has 0 atom stereocenters. The lowest BCUT2D eigenvalue weighted by Gasteiger charge is -2.08. The van der Waals surface area contributed by atoms with Crippen LogP contribution in [0.4, 0.5) is 10.8 Å². The molecule has 2 aromatic carbocycles. The van der Waals surface area contributed by atoms with Crippen LogP contribution in [0.1, 0.15) is 21.6 Å². The Hall–Kier alpha value is -3.10. The van der Waals surface area contributed by atoms with E-state index in [0.29, 0.717) is 38.6 Å². The molecule has 156 valence electrons. The number of ether oxygens (including phenoxy) is 2. The highest BCUT2D eigenvalue weighted by Crippen LogP contribution is 2.24. The molecule has 0 aliphatic heterocycles. The molecule has 0 bridgehead atoms. The fourth-order valence-corrected chi connectivity index (χ4v) is 3.52. The third kappa shape index (κ3) is 5.49. The van der Waals surface area contributed by atoms with E-state index >= 15 is 0 Å². The molecule has 1 aromatic heterocycles. The summed E-state index contributed by atoms with van der Waals surface area (Å²) in [6, 6.07) is 10.2. The van der Waals surface area contributed by atoms with Crippen molar-refractivity contribution in [3.8, 4) is 11.5 Å². The van der Waals surface area contributed by atoms with Crippen LogP contribution in [-0.4, -0.2) is 31.0 Å². The van der Waals surface area contributed by atoms with Crippen LogP contribution in [0.3, 0.4) is 0 Å². The molecular weight excluding hydrogens is 426 g/mol. The van der Waals surface area contributed by atoms with Gasteiger partial charge in [-0.25, -0.2) is 4.98 Å². The van der Waals surface area contributed by atoms with Crippen molar-refractivity contribution in [1.82, 2.24) is 4.98 Å². The molecule has 0 saturated heterocycles. The molecule has 0 spiro atoms. The van der Waals surface area contributed by atoms with Crippen molar-refractivity contribution in [3.05, 3.63) is 63.6 Å². The largest absolute Gasteiger partial charge is 0.497 e. The summed E-state index contributed by atoms with van der Waals surface area (Å²) in [5, 5.41) is 8.22. The van der Waals surface area contributed by atoms with Gasteiger partial charge in [-0.15, -0.1) is 11.3 Å². The standard InChI is InChI=1S/C21H20ClN3O4S/c1-12-4-5-14(22)8-18(12)24-19(26)9-15-11-30-21(23-15)25-20(27)13-6-16(28-2)10-17(7-13)29-3/h4-8,10-11H,9H2,1-3H3,(H,24,26)(H,23,25,27). The molecule has 0 radical (unpaired) electrons. The molecule has 3 rings (SSSR count). The molecule has 0 aliphatic carbocycles. The van der Waals surface area contributed by atoms with Gasteiger partial charge in [0.05, 0.1) is 26.3 Å².